The lowest BCUT2D eigenvalue weighted by Crippen LogP contribution is -2.27. The third-order valence-electron chi connectivity index (χ3n) is 12.0. The Morgan fingerprint density at radius 1 is 0.371 bits per heavy atom. The Bertz CT molecular complexity index is 3300. The van der Waals surface area contributed by atoms with Crippen LogP contribution in [0.4, 0.5) is 22.7 Å². The normalized spacial score (nSPS) is 12.1. The summed E-state index contributed by atoms with van der Waals surface area (Å²) in [6, 6.07) is 38.5. The lowest BCUT2D eigenvalue weighted by Gasteiger charge is -2.20. The SMILES string of the molecule is CC(=O)Nc1ccccc1-c1c2nc(c(-c3ccccc3NC(C)=O)c3ccc([nH]3)c(-c3ccccc3NC(=O)C(C)(C)C)c3nc(c(-c4ccccc4NC(=O)C(C)(C)C)c4ccc1[nH]4)C=C3)C=C2. The van der Waals surface area contributed by atoms with E-state index in [1.54, 1.807) is 0 Å². The average molecular weight is 927 g/mol. The van der Waals surface area contributed by atoms with Crippen molar-refractivity contribution in [2.24, 2.45) is 10.8 Å². The van der Waals surface area contributed by atoms with Crippen LogP contribution in [-0.4, -0.2) is 43.6 Å². The molecule has 5 heterocycles. The average Bonchev–Trinajstić information content (AvgIpc) is 4.16. The second-order valence-electron chi connectivity index (χ2n) is 19.5. The zero-order valence-corrected chi connectivity index (χ0v) is 40.4. The maximum Gasteiger partial charge on any atom is 0.229 e. The first-order valence-corrected chi connectivity index (χ1v) is 23.2. The predicted octanol–water partition coefficient (Wildman–Crippen LogP) is 13.2. The highest BCUT2D eigenvalue weighted by Gasteiger charge is 2.27. The number of hydrogen-bond acceptors (Lipinski definition) is 6. The van der Waals surface area contributed by atoms with E-state index in [9.17, 15) is 19.2 Å². The van der Waals surface area contributed by atoms with Crippen LogP contribution in [0.1, 0.15) is 78.2 Å². The minimum Gasteiger partial charge on any atom is -0.354 e. The highest BCUT2D eigenvalue weighted by atomic mass is 16.2. The van der Waals surface area contributed by atoms with Crippen molar-refractivity contribution in [3.63, 3.8) is 0 Å². The number of carbonyl (C=O) groups is 4. The largest absolute Gasteiger partial charge is 0.354 e. The van der Waals surface area contributed by atoms with Crippen LogP contribution in [0, 0.1) is 10.8 Å². The van der Waals surface area contributed by atoms with Crippen LogP contribution < -0.4 is 21.3 Å². The molecule has 0 saturated carbocycles. The smallest absolute Gasteiger partial charge is 0.229 e. The van der Waals surface area contributed by atoms with Crippen molar-refractivity contribution in [1.82, 2.24) is 19.9 Å². The van der Waals surface area contributed by atoms with Gasteiger partial charge >= 0.3 is 0 Å². The molecule has 8 bridgehead atoms. The molecule has 2 aliphatic rings. The Morgan fingerprint density at radius 2 is 0.614 bits per heavy atom. The monoisotopic (exact) mass is 926 g/mol. The topological polar surface area (TPSA) is 174 Å². The second kappa shape index (κ2) is 18.5. The number of rotatable bonds is 8. The van der Waals surface area contributed by atoms with Gasteiger partial charge in [-0.2, -0.15) is 0 Å². The Morgan fingerprint density at radius 3 is 0.857 bits per heavy atom. The molecule has 12 nitrogen and oxygen atoms in total. The summed E-state index contributed by atoms with van der Waals surface area (Å²) in [5.74, 6) is -0.752. The quantitative estimate of drug-likeness (QED) is 0.0884. The Labute approximate surface area is 406 Å². The van der Waals surface area contributed by atoms with Crippen molar-refractivity contribution in [2.75, 3.05) is 21.3 Å². The maximum atomic E-state index is 13.7. The van der Waals surface area contributed by atoms with E-state index < -0.39 is 10.8 Å². The van der Waals surface area contributed by atoms with E-state index in [0.29, 0.717) is 89.8 Å². The molecule has 9 rings (SSSR count). The molecule has 4 aromatic carbocycles. The number of nitrogens with zero attached hydrogens (tertiary/aromatic N) is 2. The number of carbonyl (C=O) groups excluding carboxylic acids is 4. The predicted molar refractivity (Wildman–Crippen MR) is 285 cm³/mol. The van der Waals surface area contributed by atoms with Gasteiger partial charge in [0.2, 0.25) is 23.6 Å². The summed E-state index contributed by atoms with van der Waals surface area (Å²) in [5, 5.41) is 12.5. The maximum absolute atomic E-state index is 13.7. The fourth-order valence-corrected chi connectivity index (χ4v) is 8.58. The van der Waals surface area contributed by atoms with E-state index in [4.69, 9.17) is 9.97 Å². The van der Waals surface area contributed by atoms with Crippen LogP contribution in [0.25, 0.3) is 90.9 Å². The summed E-state index contributed by atoms with van der Waals surface area (Å²) in [6.45, 7) is 14.2. The van der Waals surface area contributed by atoms with Gasteiger partial charge in [-0.25, -0.2) is 9.97 Å². The lowest BCUT2D eigenvalue weighted by molar-refractivity contribution is -0.123. The highest BCUT2D eigenvalue weighted by Crippen LogP contribution is 2.43. The van der Waals surface area contributed by atoms with E-state index >= 15 is 0 Å². The van der Waals surface area contributed by atoms with Crippen molar-refractivity contribution in [1.29, 1.82) is 0 Å². The molecule has 0 atom stereocenters. The number of benzene rings is 4. The number of aromatic nitrogens is 4. The highest BCUT2D eigenvalue weighted by molar-refractivity contribution is 6.08. The van der Waals surface area contributed by atoms with Gasteiger partial charge in [0.15, 0.2) is 0 Å². The van der Waals surface area contributed by atoms with E-state index in [0.717, 1.165) is 22.3 Å². The Balaban J connectivity index is 1.48. The molecule has 0 radical (unpaired) electrons. The fraction of sp³-hybridized carbons (Fsp3) is 0.172. The molecular weight excluding hydrogens is 873 g/mol. The van der Waals surface area contributed by atoms with E-state index in [2.05, 4.69) is 31.2 Å². The van der Waals surface area contributed by atoms with Gasteiger partial charge in [0.1, 0.15) is 0 Å². The molecule has 350 valence electrons. The minimum absolute atomic E-state index is 0.150. The van der Waals surface area contributed by atoms with Crippen LogP contribution in [-0.2, 0) is 19.2 Å². The van der Waals surface area contributed by atoms with Gasteiger partial charge in [0, 0.05) is 114 Å². The van der Waals surface area contributed by atoms with E-state index in [1.807, 2.05) is 187 Å². The van der Waals surface area contributed by atoms with Gasteiger partial charge < -0.3 is 31.2 Å². The van der Waals surface area contributed by atoms with Crippen molar-refractivity contribution in [2.45, 2.75) is 55.4 Å². The van der Waals surface area contributed by atoms with Crippen LogP contribution in [0.5, 0.6) is 0 Å². The van der Waals surface area contributed by atoms with Crippen molar-refractivity contribution in [3.05, 3.63) is 144 Å². The van der Waals surface area contributed by atoms with Gasteiger partial charge in [-0.15, -0.1) is 0 Å². The molecule has 0 aliphatic carbocycles. The molecule has 0 saturated heterocycles. The standard InChI is InChI=1S/C58H54N8O4/c1-33(67)59-39-21-13-9-17-35(39)51-43-25-26-44(61-43)52(36-18-10-14-22-40(36)60-34(2)68)46-28-30-48(63-46)54(38-20-12-16-24-42(38)66-56(70)58(6,7)8)50-32-31-49(64-50)53(47-29-27-45(51)62-47)37-19-11-15-23-41(37)65-55(69)57(3,4)5/h9-32,62-63H,1-8H3,(H,59,67)(H,60,68)(H,65,69)(H,66,70). The molecule has 7 aromatic rings. The van der Waals surface area contributed by atoms with Crippen molar-refractivity contribution in [3.8, 4) is 44.5 Å². The molecular formula is C58H54N8O4. The van der Waals surface area contributed by atoms with Crippen LogP contribution >= 0.6 is 0 Å². The van der Waals surface area contributed by atoms with E-state index in [1.165, 1.54) is 13.8 Å². The second-order valence-corrected chi connectivity index (χ2v) is 19.5. The molecule has 12 heteroatoms. The number of nitrogens with one attached hydrogen (secondary N) is 6. The van der Waals surface area contributed by atoms with Crippen LogP contribution in [0.15, 0.2) is 121 Å². The van der Waals surface area contributed by atoms with Gasteiger partial charge in [-0.05, 0) is 72.8 Å². The first-order chi connectivity index (χ1) is 33.4. The summed E-state index contributed by atoms with van der Waals surface area (Å²) in [4.78, 5) is 71.2. The van der Waals surface area contributed by atoms with Gasteiger partial charge in [0.25, 0.3) is 0 Å². The molecule has 6 N–H and O–H groups in total. The third kappa shape index (κ3) is 9.31. The Kier molecular flexibility index (Phi) is 12.2. The fourth-order valence-electron chi connectivity index (χ4n) is 8.58. The lowest BCUT2D eigenvalue weighted by atomic mass is 9.94. The van der Waals surface area contributed by atoms with Crippen molar-refractivity contribution >= 4 is 92.7 Å². The number of fused-ring (bicyclic) bond motifs is 8. The molecule has 0 unspecified atom stereocenters. The molecule has 70 heavy (non-hydrogen) atoms. The third-order valence-corrected chi connectivity index (χ3v) is 12.0. The van der Waals surface area contributed by atoms with E-state index in [-0.39, 0.29) is 23.6 Å². The first-order valence-electron chi connectivity index (χ1n) is 23.2. The summed E-state index contributed by atoms with van der Waals surface area (Å²) >= 11 is 0. The zero-order valence-electron chi connectivity index (χ0n) is 40.4. The molecule has 3 aromatic heterocycles. The number of anilines is 4. The minimum atomic E-state index is -0.683. The first kappa shape index (κ1) is 46.5. The summed E-state index contributed by atoms with van der Waals surface area (Å²) in [5.41, 5.74) is 12.0. The van der Waals surface area contributed by atoms with Crippen molar-refractivity contribution < 1.29 is 19.2 Å². The molecule has 0 spiro atoms. The molecule has 0 fully saturated rings. The Hall–Kier alpha value is -8.64. The number of hydrogen-bond donors (Lipinski definition) is 6. The molecule has 4 amide bonds. The summed E-state index contributed by atoms with van der Waals surface area (Å²) < 4.78 is 0. The summed E-state index contributed by atoms with van der Waals surface area (Å²) in [6.07, 6.45) is 7.84. The number of amides is 4. The molecule has 2 aliphatic heterocycles. The number of aromatic amines is 2. The van der Waals surface area contributed by atoms with Crippen LogP contribution in [0.2, 0.25) is 0 Å². The van der Waals surface area contributed by atoms with Gasteiger partial charge in [-0.1, -0.05) is 114 Å². The van der Waals surface area contributed by atoms with Gasteiger partial charge in [-0.3, -0.25) is 19.2 Å². The number of para-hydroxylation sites is 4. The number of H-pyrrole nitrogens is 2. The van der Waals surface area contributed by atoms with Gasteiger partial charge in [0.05, 0.1) is 22.8 Å². The van der Waals surface area contributed by atoms with Crippen LogP contribution in [0.3, 0.4) is 0 Å². The zero-order chi connectivity index (χ0) is 49.5. The summed E-state index contributed by atoms with van der Waals surface area (Å²) in [7, 11) is 0.